The molecular weight excluding hydrogens is 326 g/mol. The van der Waals surface area contributed by atoms with Crippen LogP contribution in [0.5, 0.6) is 5.75 Å². The SMILES string of the molecule is COc1cccc(NC(=O)c2cnc(-c3ccc(Cl)cc3)nc2)c1. The highest BCUT2D eigenvalue weighted by Gasteiger charge is 2.09. The zero-order valence-corrected chi connectivity index (χ0v) is 13.6. The van der Waals surface area contributed by atoms with Crippen molar-refractivity contribution in [2.75, 3.05) is 12.4 Å². The van der Waals surface area contributed by atoms with Crippen LogP contribution in [0.25, 0.3) is 11.4 Å². The Kier molecular flexibility index (Phi) is 4.72. The maximum absolute atomic E-state index is 12.3. The van der Waals surface area contributed by atoms with Gasteiger partial charge in [0, 0.05) is 34.7 Å². The van der Waals surface area contributed by atoms with E-state index in [2.05, 4.69) is 15.3 Å². The fourth-order valence-corrected chi connectivity index (χ4v) is 2.22. The molecule has 24 heavy (non-hydrogen) atoms. The predicted octanol–water partition coefficient (Wildman–Crippen LogP) is 4.06. The highest BCUT2D eigenvalue weighted by atomic mass is 35.5. The molecule has 1 amide bonds. The highest BCUT2D eigenvalue weighted by Crippen LogP contribution is 2.19. The zero-order chi connectivity index (χ0) is 16.9. The van der Waals surface area contributed by atoms with Crippen LogP contribution in [0.3, 0.4) is 0 Å². The summed E-state index contributed by atoms with van der Waals surface area (Å²) < 4.78 is 5.13. The van der Waals surface area contributed by atoms with Crippen molar-refractivity contribution in [2.45, 2.75) is 0 Å². The molecule has 3 aromatic rings. The molecule has 0 aliphatic rings. The van der Waals surface area contributed by atoms with Crippen molar-refractivity contribution in [1.29, 1.82) is 0 Å². The molecule has 0 bridgehead atoms. The van der Waals surface area contributed by atoms with Gasteiger partial charge in [0.1, 0.15) is 5.75 Å². The van der Waals surface area contributed by atoms with Crippen LogP contribution in [0, 0.1) is 0 Å². The topological polar surface area (TPSA) is 64.1 Å². The fraction of sp³-hybridized carbons (Fsp3) is 0.0556. The average molecular weight is 340 g/mol. The highest BCUT2D eigenvalue weighted by molar-refractivity contribution is 6.30. The molecule has 6 heteroatoms. The molecular formula is C18H14ClN3O2. The number of ether oxygens (including phenoxy) is 1. The molecule has 5 nitrogen and oxygen atoms in total. The summed E-state index contributed by atoms with van der Waals surface area (Å²) in [7, 11) is 1.57. The molecule has 0 fully saturated rings. The van der Waals surface area contributed by atoms with Gasteiger partial charge in [0.15, 0.2) is 5.82 Å². The predicted molar refractivity (Wildman–Crippen MR) is 93.4 cm³/mol. The third-order valence-corrected chi connectivity index (χ3v) is 3.60. The third kappa shape index (κ3) is 3.70. The van der Waals surface area contributed by atoms with Crippen LogP contribution in [0.4, 0.5) is 5.69 Å². The third-order valence-electron chi connectivity index (χ3n) is 3.34. The second-order valence-corrected chi connectivity index (χ2v) is 5.42. The number of methoxy groups -OCH3 is 1. The Labute approximate surface area is 144 Å². The average Bonchev–Trinajstić information content (AvgIpc) is 2.62. The fourth-order valence-electron chi connectivity index (χ4n) is 2.10. The van der Waals surface area contributed by atoms with E-state index in [0.29, 0.717) is 27.8 Å². The molecule has 0 radical (unpaired) electrons. The first-order valence-corrected chi connectivity index (χ1v) is 7.57. The summed E-state index contributed by atoms with van der Waals surface area (Å²) in [6.45, 7) is 0. The maximum Gasteiger partial charge on any atom is 0.258 e. The molecule has 0 saturated heterocycles. The van der Waals surface area contributed by atoms with Crippen molar-refractivity contribution in [3.8, 4) is 17.1 Å². The number of nitrogens with one attached hydrogen (secondary N) is 1. The summed E-state index contributed by atoms with van der Waals surface area (Å²) in [6, 6.07) is 14.3. The van der Waals surface area contributed by atoms with Gasteiger partial charge in [-0.1, -0.05) is 17.7 Å². The van der Waals surface area contributed by atoms with Crippen LogP contribution >= 0.6 is 11.6 Å². The van der Waals surface area contributed by atoms with Gasteiger partial charge >= 0.3 is 0 Å². The van der Waals surface area contributed by atoms with E-state index >= 15 is 0 Å². The quantitative estimate of drug-likeness (QED) is 0.778. The number of anilines is 1. The van der Waals surface area contributed by atoms with Crippen molar-refractivity contribution in [2.24, 2.45) is 0 Å². The van der Waals surface area contributed by atoms with Gasteiger partial charge in [-0.15, -0.1) is 0 Å². The Morgan fingerprint density at radius 3 is 2.46 bits per heavy atom. The lowest BCUT2D eigenvalue weighted by atomic mass is 10.2. The monoisotopic (exact) mass is 339 g/mol. The van der Waals surface area contributed by atoms with Crippen LogP contribution in [-0.2, 0) is 0 Å². The lowest BCUT2D eigenvalue weighted by molar-refractivity contribution is 0.102. The second kappa shape index (κ2) is 7.10. The molecule has 1 heterocycles. The van der Waals surface area contributed by atoms with Gasteiger partial charge < -0.3 is 10.1 Å². The smallest absolute Gasteiger partial charge is 0.258 e. The molecule has 0 spiro atoms. The zero-order valence-electron chi connectivity index (χ0n) is 12.9. The minimum absolute atomic E-state index is 0.286. The molecule has 0 aliphatic heterocycles. The van der Waals surface area contributed by atoms with Crippen LogP contribution in [0.1, 0.15) is 10.4 Å². The van der Waals surface area contributed by atoms with Crippen molar-refractivity contribution in [3.05, 3.63) is 71.5 Å². The number of aromatic nitrogens is 2. The van der Waals surface area contributed by atoms with Gasteiger partial charge in [-0.3, -0.25) is 4.79 Å². The number of hydrogen-bond acceptors (Lipinski definition) is 4. The van der Waals surface area contributed by atoms with Gasteiger partial charge in [-0.2, -0.15) is 0 Å². The Bertz CT molecular complexity index is 849. The van der Waals surface area contributed by atoms with E-state index in [1.165, 1.54) is 12.4 Å². The van der Waals surface area contributed by atoms with Crippen molar-refractivity contribution >= 4 is 23.2 Å². The summed E-state index contributed by atoms with van der Waals surface area (Å²) in [5.41, 5.74) is 1.84. The van der Waals surface area contributed by atoms with E-state index in [4.69, 9.17) is 16.3 Å². The van der Waals surface area contributed by atoms with E-state index in [-0.39, 0.29) is 5.91 Å². The van der Waals surface area contributed by atoms with E-state index in [1.54, 1.807) is 43.5 Å². The number of amides is 1. The minimum atomic E-state index is -0.286. The molecule has 0 unspecified atom stereocenters. The number of halogens is 1. The van der Waals surface area contributed by atoms with Crippen LogP contribution < -0.4 is 10.1 Å². The van der Waals surface area contributed by atoms with Gasteiger partial charge in [0.25, 0.3) is 5.91 Å². The lowest BCUT2D eigenvalue weighted by Crippen LogP contribution is -2.12. The number of benzene rings is 2. The summed E-state index contributed by atoms with van der Waals surface area (Å²) in [4.78, 5) is 20.7. The summed E-state index contributed by atoms with van der Waals surface area (Å²) in [5, 5.41) is 3.43. The van der Waals surface area contributed by atoms with E-state index in [1.807, 2.05) is 12.1 Å². The number of hydrogen-bond donors (Lipinski definition) is 1. The Morgan fingerprint density at radius 1 is 1.08 bits per heavy atom. The van der Waals surface area contributed by atoms with Gasteiger partial charge in [0.2, 0.25) is 0 Å². The van der Waals surface area contributed by atoms with Crippen LogP contribution in [0.2, 0.25) is 5.02 Å². The summed E-state index contributed by atoms with van der Waals surface area (Å²) in [5.74, 6) is 0.914. The second-order valence-electron chi connectivity index (χ2n) is 4.99. The summed E-state index contributed by atoms with van der Waals surface area (Å²) in [6.07, 6.45) is 2.99. The number of rotatable bonds is 4. The first-order valence-electron chi connectivity index (χ1n) is 7.19. The first-order chi connectivity index (χ1) is 11.7. The maximum atomic E-state index is 12.3. The molecule has 0 aliphatic carbocycles. The van der Waals surface area contributed by atoms with Crippen molar-refractivity contribution in [3.63, 3.8) is 0 Å². The normalized spacial score (nSPS) is 10.2. The van der Waals surface area contributed by atoms with Crippen molar-refractivity contribution < 1.29 is 9.53 Å². The van der Waals surface area contributed by atoms with Crippen LogP contribution in [-0.4, -0.2) is 23.0 Å². The van der Waals surface area contributed by atoms with E-state index < -0.39 is 0 Å². The molecule has 0 saturated carbocycles. The van der Waals surface area contributed by atoms with Gasteiger partial charge in [-0.25, -0.2) is 9.97 Å². The van der Waals surface area contributed by atoms with Gasteiger partial charge in [0.05, 0.1) is 12.7 Å². The molecule has 0 atom stereocenters. The van der Waals surface area contributed by atoms with Gasteiger partial charge in [-0.05, 0) is 36.4 Å². The molecule has 120 valence electrons. The number of carbonyl (C=O) groups excluding carboxylic acids is 1. The van der Waals surface area contributed by atoms with E-state index in [0.717, 1.165) is 5.56 Å². The molecule has 2 aromatic carbocycles. The Morgan fingerprint density at radius 2 is 1.79 bits per heavy atom. The Balaban J connectivity index is 1.75. The van der Waals surface area contributed by atoms with Crippen molar-refractivity contribution in [1.82, 2.24) is 9.97 Å². The summed E-state index contributed by atoms with van der Waals surface area (Å²) >= 11 is 5.86. The lowest BCUT2D eigenvalue weighted by Gasteiger charge is -2.07. The molecule has 3 rings (SSSR count). The molecule has 1 N–H and O–H groups in total. The largest absolute Gasteiger partial charge is 0.497 e. The first kappa shape index (κ1) is 16.0. The molecule has 1 aromatic heterocycles. The van der Waals surface area contributed by atoms with E-state index in [9.17, 15) is 4.79 Å². The standard InChI is InChI=1S/C18H14ClN3O2/c1-24-16-4-2-3-15(9-16)22-18(23)13-10-20-17(21-11-13)12-5-7-14(19)8-6-12/h2-11H,1H3,(H,22,23). The Hall–Kier alpha value is -2.92. The number of nitrogens with zero attached hydrogens (tertiary/aromatic N) is 2. The number of carbonyl (C=O) groups is 1. The van der Waals surface area contributed by atoms with Crippen LogP contribution in [0.15, 0.2) is 60.9 Å². The minimum Gasteiger partial charge on any atom is -0.497 e.